The second kappa shape index (κ2) is 11.5. The van der Waals surface area contributed by atoms with E-state index >= 15 is 0 Å². The number of hydrogen-bond acceptors (Lipinski definition) is 10. The number of benzene rings is 2. The van der Waals surface area contributed by atoms with E-state index in [1.807, 2.05) is 70.1 Å². The van der Waals surface area contributed by atoms with Crippen LogP contribution in [0.3, 0.4) is 0 Å². The molecule has 0 spiro atoms. The molecule has 0 atom stereocenters. The average molecular weight is 584 g/mol. The summed E-state index contributed by atoms with van der Waals surface area (Å²) in [6, 6.07) is 15.6. The van der Waals surface area contributed by atoms with E-state index in [-0.39, 0.29) is 17.9 Å². The van der Waals surface area contributed by atoms with E-state index in [0.717, 1.165) is 30.8 Å². The molecule has 3 aromatic rings. The molecule has 2 heterocycles. The van der Waals surface area contributed by atoms with Gasteiger partial charge in [0.2, 0.25) is 5.52 Å². The number of rotatable bonds is 11. The van der Waals surface area contributed by atoms with E-state index in [0.29, 0.717) is 25.2 Å². The lowest BCUT2D eigenvalue weighted by Crippen LogP contribution is -2.36. The third-order valence-corrected chi connectivity index (χ3v) is 9.67. The highest BCUT2D eigenvalue weighted by atomic mass is 32.2. The zero-order chi connectivity index (χ0) is 26.6. The molecule has 10 nitrogen and oxygen atoms in total. The van der Waals surface area contributed by atoms with Crippen LogP contribution in [-0.2, 0) is 31.1 Å². The van der Waals surface area contributed by atoms with Gasteiger partial charge in [-0.3, -0.25) is 4.55 Å². The van der Waals surface area contributed by atoms with Gasteiger partial charge in [0.05, 0.1) is 22.2 Å². The molecule has 198 valence electrons. The summed E-state index contributed by atoms with van der Waals surface area (Å²) in [6.45, 7) is 0.813. The van der Waals surface area contributed by atoms with Crippen LogP contribution in [0.2, 0.25) is 0 Å². The molecule has 0 radical (unpaired) electrons. The minimum absolute atomic E-state index is 0.212. The smallest absolute Gasteiger partial charge is 0.283 e. The number of allylic oxidation sites excluding steroid dienone is 1. The molecule has 0 fully saturated rings. The van der Waals surface area contributed by atoms with Crippen LogP contribution in [-0.4, -0.2) is 39.4 Å². The van der Waals surface area contributed by atoms with E-state index in [2.05, 4.69) is 4.28 Å². The van der Waals surface area contributed by atoms with Gasteiger partial charge in [0.25, 0.3) is 25.2 Å². The average Bonchev–Trinajstić information content (AvgIpc) is 3.36. The highest BCUT2D eigenvalue weighted by Gasteiger charge is 2.26. The number of para-hydroxylation sites is 2. The largest absolute Gasteiger partial charge is 0.398 e. The molecule has 5 N–H and O–H groups in total. The number of nitrogens with two attached hydrogens (primary N) is 2. The zero-order valence-electron chi connectivity index (χ0n) is 19.7. The van der Waals surface area contributed by atoms with Crippen molar-refractivity contribution >= 4 is 65.3 Å². The van der Waals surface area contributed by atoms with E-state index in [1.165, 1.54) is 23.1 Å². The van der Waals surface area contributed by atoms with Gasteiger partial charge in [-0.1, -0.05) is 47.4 Å². The summed E-state index contributed by atoms with van der Waals surface area (Å²) < 4.78 is 61.9. The monoisotopic (exact) mass is 583 g/mol. The summed E-state index contributed by atoms with van der Waals surface area (Å²) in [5, 5.41) is 1.68. The van der Waals surface area contributed by atoms with Crippen molar-refractivity contribution in [2.45, 2.75) is 24.3 Å². The number of thiazole rings is 1. The number of aryl methyl sites for hydroxylation is 1. The lowest BCUT2D eigenvalue weighted by atomic mass is 10.2. The second-order valence-electron chi connectivity index (χ2n) is 8.26. The molecule has 4 rings (SSSR count). The van der Waals surface area contributed by atoms with Gasteiger partial charge < -0.3 is 10.6 Å². The molecule has 0 unspecified atom stereocenters. The number of aromatic nitrogens is 1. The number of fused-ring (bicyclic) bond motifs is 2. The SMILES string of the molecule is NOS(=O)(=O)CCCN1/C(=C\C(N)=C/c2sc3ccccc3[n+]2CCCS(=O)(=O)O)Sc2ccccc21. The van der Waals surface area contributed by atoms with Gasteiger partial charge in [0, 0.05) is 35.7 Å². The summed E-state index contributed by atoms with van der Waals surface area (Å²) in [4.78, 5) is 3.04. The number of anilines is 1. The number of nitrogens with zero attached hydrogens (tertiary/aromatic N) is 2. The first-order valence-electron chi connectivity index (χ1n) is 11.3. The fourth-order valence-electron chi connectivity index (χ4n) is 3.96. The highest BCUT2D eigenvalue weighted by Crippen LogP contribution is 2.46. The molecule has 1 aromatic heterocycles. The highest BCUT2D eigenvalue weighted by molar-refractivity contribution is 8.03. The Morgan fingerprint density at radius 2 is 1.78 bits per heavy atom. The second-order valence-corrected chi connectivity index (χ2v) is 13.7. The van der Waals surface area contributed by atoms with Crippen LogP contribution in [0.1, 0.15) is 17.8 Å². The third kappa shape index (κ3) is 7.10. The molecular weight excluding hydrogens is 557 g/mol. The van der Waals surface area contributed by atoms with Crippen molar-refractivity contribution in [2.24, 2.45) is 11.6 Å². The summed E-state index contributed by atoms with van der Waals surface area (Å²) in [5.41, 5.74) is 8.84. The fourth-order valence-corrected chi connectivity index (χ4v) is 7.33. The molecule has 14 heteroatoms. The normalized spacial score (nSPS) is 15.6. The van der Waals surface area contributed by atoms with Crippen molar-refractivity contribution in [3.8, 4) is 0 Å². The van der Waals surface area contributed by atoms with Crippen LogP contribution in [0, 0.1) is 0 Å². The predicted molar refractivity (Wildman–Crippen MR) is 147 cm³/mol. The predicted octanol–water partition coefficient (Wildman–Crippen LogP) is 2.83. The van der Waals surface area contributed by atoms with Gasteiger partial charge in [-0.05, 0) is 30.7 Å². The lowest BCUT2D eigenvalue weighted by molar-refractivity contribution is -0.668. The van der Waals surface area contributed by atoms with E-state index in [1.54, 1.807) is 0 Å². The molecular formula is C23H27N4O6S4+. The van der Waals surface area contributed by atoms with Crippen molar-refractivity contribution in [3.05, 3.63) is 70.3 Å². The summed E-state index contributed by atoms with van der Waals surface area (Å²) >= 11 is 3.06. The standard InChI is InChI=1S/C23H26N4O6S4/c24-17(15-22-26(11-5-13-36(28,29)30)18-7-1-3-9-20(18)34-22)16-23-27(12-6-14-37(31,32)33-25)19-8-2-4-10-21(19)35-23/h1-4,7-10,15-16,24H,5-6,11-14,25H2,(H,28,29,30)/p+1/b23-16+. The van der Waals surface area contributed by atoms with Crippen molar-refractivity contribution < 1.29 is 30.2 Å². The van der Waals surface area contributed by atoms with Crippen LogP contribution in [0.4, 0.5) is 5.69 Å². The molecule has 2 aromatic carbocycles. The van der Waals surface area contributed by atoms with Crippen LogP contribution in [0.15, 0.2) is 70.2 Å². The van der Waals surface area contributed by atoms with Crippen molar-refractivity contribution in [3.63, 3.8) is 0 Å². The Balaban J connectivity index is 1.62. The Bertz CT molecular complexity index is 1560. The Hall–Kier alpha value is -2.46. The number of hydrogen-bond donors (Lipinski definition) is 3. The third-order valence-electron chi connectivity index (χ3n) is 5.56. The summed E-state index contributed by atoms with van der Waals surface area (Å²) in [5.74, 6) is 4.31. The molecule has 0 saturated heterocycles. The van der Waals surface area contributed by atoms with Gasteiger partial charge in [-0.25, -0.2) is 0 Å². The van der Waals surface area contributed by atoms with Crippen molar-refractivity contribution in [1.82, 2.24) is 0 Å². The van der Waals surface area contributed by atoms with Gasteiger partial charge in [0.15, 0.2) is 6.54 Å². The molecule has 1 aliphatic rings. The molecule has 0 saturated carbocycles. The first-order chi connectivity index (χ1) is 17.6. The Morgan fingerprint density at radius 3 is 2.54 bits per heavy atom. The summed E-state index contributed by atoms with van der Waals surface area (Å²) in [6.07, 6.45) is 4.23. The Labute approximate surface area is 224 Å². The van der Waals surface area contributed by atoms with Crippen LogP contribution in [0.25, 0.3) is 16.3 Å². The first kappa shape index (κ1) is 27.6. The van der Waals surface area contributed by atoms with Gasteiger partial charge in [-0.2, -0.15) is 31.6 Å². The zero-order valence-corrected chi connectivity index (χ0v) is 23.0. The van der Waals surface area contributed by atoms with E-state index in [4.69, 9.17) is 16.2 Å². The quantitative estimate of drug-likeness (QED) is 0.174. The van der Waals surface area contributed by atoms with Crippen molar-refractivity contribution in [1.29, 1.82) is 0 Å². The molecule has 1 aliphatic heterocycles. The van der Waals surface area contributed by atoms with Gasteiger partial charge in [-0.15, -0.1) is 0 Å². The maximum atomic E-state index is 11.7. The summed E-state index contributed by atoms with van der Waals surface area (Å²) in [7, 11) is -7.82. The fraction of sp³-hybridized carbons (Fsp3) is 0.261. The molecule has 0 aliphatic carbocycles. The van der Waals surface area contributed by atoms with Gasteiger partial charge >= 0.3 is 0 Å². The Kier molecular flexibility index (Phi) is 8.58. The maximum Gasteiger partial charge on any atom is 0.283 e. The molecule has 0 bridgehead atoms. The van der Waals surface area contributed by atoms with Crippen LogP contribution in [0.5, 0.6) is 0 Å². The van der Waals surface area contributed by atoms with Crippen LogP contribution >= 0.6 is 23.1 Å². The topological polar surface area (TPSA) is 157 Å². The van der Waals surface area contributed by atoms with E-state index < -0.39 is 20.2 Å². The van der Waals surface area contributed by atoms with Crippen molar-refractivity contribution in [2.75, 3.05) is 23.0 Å². The minimum Gasteiger partial charge on any atom is -0.398 e. The van der Waals surface area contributed by atoms with Gasteiger partial charge in [0.1, 0.15) is 4.70 Å². The lowest BCUT2D eigenvalue weighted by Gasteiger charge is -2.20. The maximum absolute atomic E-state index is 11.7. The van der Waals surface area contributed by atoms with Crippen LogP contribution < -0.4 is 21.1 Å². The Morgan fingerprint density at radius 1 is 1.05 bits per heavy atom. The number of thioether (sulfide) groups is 1. The minimum atomic E-state index is -4.05. The first-order valence-corrected chi connectivity index (χ1v) is 16.1. The molecule has 0 amide bonds. The molecule has 37 heavy (non-hydrogen) atoms. The van der Waals surface area contributed by atoms with E-state index in [9.17, 15) is 16.8 Å².